The van der Waals surface area contributed by atoms with Crippen LogP contribution in [-0.4, -0.2) is 33.2 Å². The predicted molar refractivity (Wildman–Crippen MR) is 94.7 cm³/mol. The smallest absolute Gasteiger partial charge is 0.267 e. The Kier molecular flexibility index (Phi) is 4.61. The van der Waals surface area contributed by atoms with Gasteiger partial charge in [-0.3, -0.25) is 9.59 Å². The van der Waals surface area contributed by atoms with Crippen LogP contribution in [0.4, 0.5) is 0 Å². The highest BCUT2D eigenvalue weighted by Gasteiger charge is 2.15. The van der Waals surface area contributed by atoms with Gasteiger partial charge in [-0.05, 0) is 36.8 Å². The fraction of sp³-hybridized carbons (Fsp3) is 0.176. The predicted octanol–water partition coefficient (Wildman–Crippen LogP) is 1.93. The fourth-order valence-electron chi connectivity index (χ4n) is 2.26. The summed E-state index contributed by atoms with van der Waals surface area (Å²) in [6, 6.07) is 10.8. The molecule has 0 saturated heterocycles. The molecule has 7 heteroatoms. The highest BCUT2D eigenvalue weighted by Crippen LogP contribution is 2.20. The first-order chi connectivity index (χ1) is 11.6. The van der Waals surface area contributed by atoms with Crippen LogP contribution in [-0.2, 0) is 4.79 Å². The third-order valence-corrected chi connectivity index (χ3v) is 4.42. The average molecular weight is 340 g/mol. The van der Waals surface area contributed by atoms with E-state index in [0.29, 0.717) is 21.9 Å². The highest BCUT2D eigenvalue weighted by molar-refractivity contribution is 7.99. The molecule has 1 N–H and O–H groups in total. The van der Waals surface area contributed by atoms with Crippen LogP contribution >= 0.6 is 11.8 Å². The summed E-state index contributed by atoms with van der Waals surface area (Å²) >= 11 is 1.21. The van der Waals surface area contributed by atoms with E-state index >= 15 is 0 Å². The van der Waals surface area contributed by atoms with Crippen molar-refractivity contribution in [3.63, 3.8) is 0 Å². The number of hydrogen-bond donors (Lipinski definition) is 1. The van der Waals surface area contributed by atoms with Crippen molar-refractivity contribution in [2.45, 2.75) is 12.1 Å². The number of hydrogen-bond acceptors (Lipinski definition) is 5. The largest absolute Gasteiger partial charge is 0.358 e. The maximum Gasteiger partial charge on any atom is 0.267 e. The van der Waals surface area contributed by atoms with Crippen LogP contribution in [0, 0.1) is 6.92 Å². The van der Waals surface area contributed by atoms with Crippen molar-refractivity contribution in [3.8, 4) is 5.82 Å². The number of nitrogens with zero attached hydrogens (tertiary/aromatic N) is 3. The summed E-state index contributed by atoms with van der Waals surface area (Å²) in [5, 5.41) is 3.53. The van der Waals surface area contributed by atoms with Crippen molar-refractivity contribution in [2.75, 3.05) is 12.8 Å². The number of para-hydroxylation sites is 1. The van der Waals surface area contributed by atoms with Crippen molar-refractivity contribution in [2.24, 2.45) is 0 Å². The zero-order valence-corrected chi connectivity index (χ0v) is 14.1. The molecule has 0 aliphatic carbocycles. The monoisotopic (exact) mass is 340 g/mol. The molecule has 1 aromatic carbocycles. The minimum atomic E-state index is -0.196. The van der Waals surface area contributed by atoms with Crippen LogP contribution < -0.4 is 10.9 Å². The molecular weight excluding hydrogens is 324 g/mol. The van der Waals surface area contributed by atoms with Gasteiger partial charge in [-0.1, -0.05) is 23.9 Å². The minimum Gasteiger partial charge on any atom is -0.358 e. The number of rotatable bonds is 4. The molecule has 6 nitrogen and oxygen atoms in total. The summed E-state index contributed by atoms with van der Waals surface area (Å²) in [5.41, 5.74) is 1.39. The average Bonchev–Trinajstić information content (AvgIpc) is 2.59. The normalized spacial score (nSPS) is 10.8. The maximum absolute atomic E-state index is 12.9. The highest BCUT2D eigenvalue weighted by atomic mass is 32.2. The lowest BCUT2D eigenvalue weighted by Crippen LogP contribution is -2.24. The topological polar surface area (TPSA) is 76.9 Å². The number of fused-ring (bicyclic) bond motifs is 1. The lowest BCUT2D eigenvalue weighted by atomic mass is 10.2. The number of carbonyl (C=O) groups is 1. The van der Waals surface area contributed by atoms with E-state index < -0.39 is 0 Å². The summed E-state index contributed by atoms with van der Waals surface area (Å²) in [5.74, 6) is 0.538. The summed E-state index contributed by atoms with van der Waals surface area (Å²) in [6.45, 7) is 1.93. The molecule has 2 aromatic heterocycles. The van der Waals surface area contributed by atoms with Crippen molar-refractivity contribution < 1.29 is 4.79 Å². The molecule has 1 amide bonds. The molecule has 3 aromatic rings. The molecule has 122 valence electrons. The molecule has 0 saturated carbocycles. The lowest BCUT2D eigenvalue weighted by Gasteiger charge is -2.12. The quantitative estimate of drug-likeness (QED) is 0.580. The van der Waals surface area contributed by atoms with Gasteiger partial charge in [-0.15, -0.1) is 0 Å². The van der Waals surface area contributed by atoms with Crippen LogP contribution in [0.5, 0.6) is 0 Å². The van der Waals surface area contributed by atoms with E-state index in [9.17, 15) is 9.59 Å². The molecule has 0 bridgehead atoms. The second-order valence-corrected chi connectivity index (χ2v) is 6.15. The van der Waals surface area contributed by atoms with Crippen LogP contribution in [0.15, 0.2) is 52.5 Å². The van der Waals surface area contributed by atoms with Crippen molar-refractivity contribution >= 4 is 28.6 Å². The molecule has 0 unspecified atom stereocenters. The van der Waals surface area contributed by atoms with Gasteiger partial charge in [0.1, 0.15) is 5.82 Å². The van der Waals surface area contributed by atoms with Crippen LogP contribution in [0.1, 0.15) is 5.56 Å². The van der Waals surface area contributed by atoms with E-state index in [1.165, 1.54) is 16.3 Å². The summed E-state index contributed by atoms with van der Waals surface area (Å²) < 4.78 is 1.46. The van der Waals surface area contributed by atoms with Crippen molar-refractivity contribution in [1.82, 2.24) is 19.9 Å². The van der Waals surface area contributed by atoms with Gasteiger partial charge in [0, 0.05) is 13.2 Å². The van der Waals surface area contributed by atoms with E-state index in [1.807, 2.05) is 25.1 Å². The number of aryl methyl sites for hydroxylation is 1. The van der Waals surface area contributed by atoms with Crippen LogP contribution in [0.2, 0.25) is 0 Å². The first-order valence-electron chi connectivity index (χ1n) is 7.38. The Balaban J connectivity index is 2.21. The second-order valence-electron chi connectivity index (χ2n) is 5.21. The van der Waals surface area contributed by atoms with Gasteiger partial charge < -0.3 is 5.32 Å². The Bertz CT molecular complexity index is 968. The van der Waals surface area contributed by atoms with Crippen LogP contribution in [0.3, 0.4) is 0 Å². The molecule has 0 aliphatic rings. The fourth-order valence-corrected chi connectivity index (χ4v) is 3.13. The Labute approximate surface area is 142 Å². The number of aromatic nitrogens is 3. The SMILES string of the molecule is CNC(=O)CSc1nc2ccccc2c(=O)n1-c1cc(C)ccn1. The van der Waals surface area contributed by atoms with Gasteiger partial charge in [0.25, 0.3) is 5.56 Å². The van der Waals surface area contributed by atoms with Crippen molar-refractivity contribution in [1.29, 1.82) is 0 Å². The van der Waals surface area contributed by atoms with Gasteiger partial charge >= 0.3 is 0 Å². The Morgan fingerprint density at radius 1 is 1.29 bits per heavy atom. The lowest BCUT2D eigenvalue weighted by molar-refractivity contribution is -0.118. The molecule has 0 radical (unpaired) electrons. The van der Waals surface area contributed by atoms with Gasteiger partial charge in [0.15, 0.2) is 5.16 Å². The number of nitrogens with one attached hydrogen (secondary N) is 1. The molecule has 0 fully saturated rings. The summed E-state index contributed by atoms with van der Waals surface area (Å²) in [4.78, 5) is 33.4. The second kappa shape index (κ2) is 6.84. The Morgan fingerprint density at radius 2 is 2.08 bits per heavy atom. The number of carbonyl (C=O) groups excluding carboxylic acids is 1. The number of benzene rings is 1. The standard InChI is InChI=1S/C17H16N4O2S/c1-11-7-8-19-14(9-11)21-16(23)12-5-3-4-6-13(12)20-17(21)24-10-15(22)18-2/h3-9H,10H2,1-2H3,(H,18,22). The zero-order valence-electron chi connectivity index (χ0n) is 13.3. The first-order valence-corrected chi connectivity index (χ1v) is 8.37. The maximum atomic E-state index is 12.9. The Hall–Kier alpha value is -2.67. The first kappa shape index (κ1) is 16.2. The number of thioether (sulfide) groups is 1. The van der Waals surface area contributed by atoms with Gasteiger partial charge in [-0.2, -0.15) is 0 Å². The number of amides is 1. The minimum absolute atomic E-state index is 0.133. The van der Waals surface area contributed by atoms with Gasteiger partial charge in [-0.25, -0.2) is 14.5 Å². The van der Waals surface area contributed by atoms with E-state index in [-0.39, 0.29) is 17.2 Å². The molecule has 0 aliphatic heterocycles. The zero-order chi connectivity index (χ0) is 17.1. The summed E-state index contributed by atoms with van der Waals surface area (Å²) in [7, 11) is 1.58. The molecule has 0 spiro atoms. The van der Waals surface area contributed by atoms with Crippen molar-refractivity contribution in [3.05, 3.63) is 58.5 Å². The third kappa shape index (κ3) is 3.16. The molecular formula is C17H16N4O2S. The van der Waals surface area contributed by atoms with E-state index in [2.05, 4.69) is 15.3 Å². The third-order valence-electron chi connectivity index (χ3n) is 3.49. The Morgan fingerprint density at radius 3 is 2.83 bits per heavy atom. The van der Waals surface area contributed by atoms with Crippen LogP contribution in [0.25, 0.3) is 16.7 Å². The number of pyridine rings is 1. The molecule has 24 heavy (non-hydrogen) atoms. The molecule has 0 atom stereocenters. The van der Waals surface area contributed by atoms with Gasteiger partial charge in [0.2, 0.25) is 5.91 Å². The van der Waals surface area contributed by atoms with E-state index in [0.717, 1.165) is 5.56 Å². The molecule has 3 rings (SSSR count). The van der Waals surface area contributed by atoms with E-state index in [4.69, 9.17) is 0 Å². The van der Waals surface area contributed by atoms with E-state index in [1.54, 1.807) is 31.4 Å². The van der Waals surface area contributed by atoms with Gasteiger partial charge in [0.05, 0.1) is 16.7 Å². The molecule has 2 heterocycles. The summed E-state index contributed by atoms with van der Waals surface area (Å²) in [6.07, 6.45) is 1.65.